The number of nitrogens with zero attached hydrogens (tertiary/aromatic N) is 2. The van der Waals surface area contributed by atoms with Gasteiger partial charge in [-0.3, -0.25) is 9.59 Å². The molecule has 5 N–H and O–H groups in total. The SMILES string of the molecule is NC(=O)c1cc(NC2(C(N)=O)CCC2)nc(-c2ccc(Oc3ccc(F)cc3)cc2)n1. The summed E-state index contributed by atoms with van der Waals surface area (Å²) in [4.78, 5) is 32.3. The zero-order chi connectivity index (χ0) is 22.0. The quantitative estimate of drug-likeness (QED) is 0.537. The van der Waals surface area contributed by atoms with Crippen molar-refractivity contribution in [3.05, 3.63) is 66.1 Å². The van der Waals surface area contributed by atoms with Gasteiger partial charge in [0.15, 0.2) is 5.82 Å². The summed E-state index contributed by atoms with van der Waals surface area (Å²) in [5, 5.41) is 3.06. The minimum Gasteiger partial charge on any atom is -0.457 e. The molecule has 4 rings (SSSR count). The number of anilines is 1. The summed E-state index contributed by atoms with van der Waals surface area (Å²) in [7, 11) is 0. The van der Waals surface area contributed by atoms with Gasteiger partial charge < -0.3 is 21.5 Å². The highest BCUT2D eigenvalue weighted by Crippen LogP contribution is 2.35. The molecular weight excluding hydrogens is 401 g/mol. The predicted molar refractivity (Wildman–Crippen MR) is 112 cm³/mol. The second kappa shape index (κ2) is 8.02. The molecule has 8 nitrogen and oxygen atoms in total. The van der Waals surface area contributed by atoms with Crippen LogP contribution < -0.4 is 21.5 Å². The van der Waals surface area contributed by atoms with E-state index in [1.165, 1.54) is 30.3 Å². The summed E-state index contributed by atoms with van der Waals surface area (Å²) in [6, 6.07) is 13.9. The molecule has 3 aromatic rings. The maximum absolute atomic E-state index is 13.0. The molecule has 158 valence electrons. The Morgan fingerprint density at radius 3 is 2.10 bits per heavy atom. The van der Waals surface area contributed by atoms with E-state index in [4.69, 9.17) is 16.2 Å². The molecule has 1 fully saturated rings. The molecule has 0 saturated heterocycles. The first kappa shape index (κ1) is 20.3. The molecule has 1 aliphatic rings. The van der Waals surface area contributed by atoms with Crippen molar-refractivity contribution in [1.29, 1.82) is 0 Å². The van der Waals surface area contributed by atoms with Gasteiger partial charge in [0.1, 0.15) is 34.4 Å². The number of benzene rings is 2. The lowest BCUT2D eigenvalue weighted by Crippen LogP contribution is -2.55. The van der Waals surface area contributed by atoms with Gasteiger partial charge >= 0.3 is 0 Å². The van der Waals surface area contributed by atoms with E-state index in [0.717, 1.165) is 6.42 Å². The van der Waals surface area contributed by atoms with Crippen LogP contribution in [0.15, 0.2) is 54.6 Å². The van der Waals surface area contributed by atoms with Gasteiger partial charge in [0.25, 0.3) is 5.91 Å². The topological polar surface area (TPSA) is 133 Å². The molecule has 1 saturated carbocycles. The van der Waals surface area contributed by atoms with Crippen LogP contribution in [0.2, 0.25) is 0 Å². The van der Waals surface area contributed by atoms with Crippen LogP contribution >= 0.6 is 0 Å². The Morgan fingerprint density at radius 1 is 0.968 bits per heavy atom. The van der Waals surface area contributed by atoms with Gasteiger partial charge in [0.05, 0.1) is 0 Å². The number of hydrogen-bond donors (Lipinski definition) is 3. The lowest BCUT2D eigenvalue weighted by Gasteiger charge is -2.39. The van der Waals surface area contributed by atoms with Crippen molar-refractivity contribution in [3.8, 4) is 22.9 Å². The largest absolute Gasteiger partial charge is 0.457 e. The second-order valence-corrected chi connectivity index (χ2v) is 7.33. The second-order valence-electron chi connectivity index (χ2n) is 7.33. The Morgan fingerprint density at radius 2 is 1.58 bits per heavy atom. The third kappa shape index (κ3) is 4.30. The fraction of sp³-hybridized carbons (Fsp3) is 0.182. The van der Waals surface area contributed by atoms with Crippen LogP contribution in [0.1, 0.15) is 29.8 Å². The number of aromatic nitrogens is 2. The molecule has 31 heavy (non-hydrogen) atoms. The highest BCUT2D eigenvalue weighted by atomic mass is 19.1. The minimum absolute atomic E-state index is 0.0121. The van der Waals surface area contributed by atoms with Crippen LogP contribution in [-0.4, -0.2) is 27.3 Å². The summed E-state index contributed by atoms with van der Waals surface area (Å²) < 4.78 is 18.7. The number of carbonyl (C=O) groups is 2. The third-order valence-corrected chi connectivity index (χ3v) is 5.19. The number of hydrogen-bond acceptors (Lipinski definition) is 6. The fourth-order valence-electron chi connectivity index (χ4n) is 3.29. The number of carbonyl (C=O) groups excluding carboxylic acids is 2. The van der Waals surface area contributed by atoms with Crippen molar-refractivity contribution >= 4 is 17.6 Å². The van der Waals surface area contributed by atoms with Crippen LogP contribution in [-0.2, 0) is 4.79 Å². The standard InChI is InChI=1S/C22H20FN5O3/c23-14-4-8-16(9-5-14)31-15-6-2-13(3-7-15)20-26-17(19(24)29)12-18(27-20)28-22(21(25)30)10-1-11-22/h2-9,12H,1,10-11H2,(H2,24,29)(H2,25,30)(H,26,27,28). The maximum Gasteiger partial charge on any atom is 0.267 e. The van der Waals surface area contributed by atoms with Crippen molar-refractivity contribution in [2.75, 3.05) is 5.32 Å². The van der Waals surface area contributed by atoms with Crippen molar-refractivity contribution in [3.63, 3.8) is 0 Å². The Bertz CT molecular complexity index is 1130. The average molecular weight is 421 g/mol. The number of nitrogens with two attached hydrogens (primary N) is 2. The van der Waals surface area contributed by atoms with Gasteiger partial charge in [0.2, 0.25) is 5.91 Å². The monoisotopic (exact) mass is 421 g/mol. The van der Waals surface area contributed by atoms with Crippen molar-refractivity contribution in [1.82, 2.24) is 9.97 Å². The first-order valence-corrected chi connectivity index (χ1v) is 9.65. The molecule has 1 heterocycles. The van der Waals surface area contributed by atoms with Gasteiger partial charge in [-0.05, 0) is 67.8 Å². The average Bonchev–Trinajstić information content (AvgIpc) is 2.72. The Hall–Kier alpha value is -4.01. The Kier molecular flexibility index (Phi) is 5.24. The number of rotatable bonds is 7. The normalized spacial score (nSPS) is 14.4. The summed E-state index contributed by atoms with van der Waals surface area (Å²) in [6.45, 7) is 0. The molecule has 0 bridgehead atoms. The van der Waals surface area contributed by atoms with Crippen LogP contribution in [0.25, 0.3) is 11.4 Å². The van der Waals surface area contributed by atoms with E-state index in [1.54, 1.807) is 24.3 Å². The van der Waals surface area contributed by atoms with E-state index in [9.17, 15) is 14.0 Å². The number of ether oxygens (including phenoxy) is 1. The van der Waals surface area contributed by atoms with E-state index in [1.807, 2.05) is 0 Å². The number of amides is 2. The molecule has 1 aromatic heterocycles. The van der Waals surface area contributed by atoms with Crippen LogP contribution in [0.3, 0.4) is 0 Å². The molecule has 0 radical (unpaired) electrons. The molecule has 0 aliphatic heterocycles. The molecule has 1 aliphatic carbocycles. The van der Waals surface area contributed by atoms with Gasteiger partial charge in [-0.1, -0.05) is 0 Å². The molecule has 9 heteroatoms. The third-order valence-electron chi connectivity index (χ3n) is 5.19. The van der Waals surface area contributed by atoms with E-state index >= 15 is 0 Å². The minimum atomic E-state index is -0.882. The van der Waals surface area contributed by atoms with Crippen LogP contribution in [0, 0.1) is 5.82 Å². The van der Waals surface area contributed by atoms with Gasteiger partial charge in [-0.25, -0.2) is 14.4 Å². The van der Waals surface area contributed by atoms with Crippen LogP contribution in [0.4, 0.5) is 10.2 Å². The first-order chi connectivity index (χ1) is 14.8. The van der Waals surface area contributed by atoms with Crippen molar-refractivity contribution in [2.24, 2.45) is 11.5 Å². The predicted octanol–water partition coefficient (Wildman–Crippen LogP) is 2.99. The van der Waals surface area contributed by atoms with E-state index in [-0.39, 0.29) is 17.3 Å². The molecule has 0 spiro atoms. The van der Waals surface area contributed by atoms with E-state index < -0.39 is 17.4 Å². The van der Waals surface area contributed by atoms with Crippen molar-refractivity contribution in [2.45, 2.75) is 24.8 Å². The Labute approximate surface area is 177 Å². The zero-order valence-electron chi connectivity index (χ0n) is 16.5. The van der Waals surface area contributed by atoms with E-state index in [2.05, 4.69) is 15.3 Å². The summed E-state index contributed by atoms with van der Waals surface area (Å²) in [5.41, 5.74) is 10.7. The lowest BCUT2D eigenvalue weighted by molar-refractivity contribution is -0.124. The summed E-state index contributed by atoms with van der Waals surface area (Å²) >= 11 is 0. The number of nitrogens with one attached hydrogen (secondary N) is 1. The van der Waals surface area contributed by atoms with Crippen LogP contribution in [0.5, 0.6) is 11.5 Å². The lowest BCUT2D eigenvalue weighted by atomic mass is 9.76. The molecule has 2 aromatic carbocycles. The summed E-state index contributed by atoms with van der Waals surface area (Å²) in [5.74, 6) is 0.0342. The fourth-order valence-corrected chi connectivity index (χ4v) is 3.29. The maximum atomic E-state index is 13.0. The molecule has 2 amide bonds. The summed E-state index contributed by atoms with van der Waals surface area (Å²) in [6.07, 6.45) is 2.04. The smallest absolute Gasteiger partial charge is 0.267 e. The molecular formula is C22H20FN5O3. The highest BCUT2D eigenvalue weighted by molar-refractivity contribution is 5.93. The molecule has 0 unspecified atom stereocenters. The molecule has 0 atom stereocenters. The van der Waals surface area contributed by atoms with Crippen molar-refractivity contribution < 1.29 is 18.7 Å². The zero-order valence-corrected chi connectivity index (χ0v) is 16.5. The Balaban J connectivity index is 1.60. The van der Waals surface area contributed by atoms with E-state index in [0.29, 0.717) is 35.7 Å². The van der Waals surface area contributed by atoms with Gasteiger partial charge in [-0.2, -0.15) is 0 Å². The number of primary amides is 2. The van der Waals surface area contributed by atoms with Gasteiger partial charge in [0, 0.05) is 11.6 Å². The highest BCUT2D eigenvalue weighted by Gasteiger charge is 2.43. The first-order valence-electron chi connectivity index (χ1n) is 9.65. The van der Waals surface area contributed by atoms with Gasteiger partial charge in [-0.15, -0.1) is 0 Å². The number of halogens is 1.